The molecule has 0 saturated heterocycles. The number of H-pyrrole nitrogens is 1. The lowest BCUT2D eigenvalue weighted by Gasteiger charge is -2.03. The molecule has 2 aromatic heterocycles. The van der Waals surface area contributed by atoms with E-state index in [1.165, 1.54) is 0 Å². The van der Waals surface area contributed by atoms with Gasteiger partial charge in [0.25, 0.3) is 0 Å². The molecule has 0 aliphatic heterocycles. The van der Waals surface area contributed by atoms with E-state index in [4.69, 9.17) is 4.74 Å². The molecule has 3 nitrogen and oxygen atoms in total. The molecular formula is C14H12N2O. The molecule has 0 aliphatic carbocycles. The summed E-state index contributed by atoms with van der Waals surface area (Å²) in [6.07, 6.45) is 5.29. The summed E-state index contributed by atoms with van der Waals surface area (Å²) in [6.45, 7) is 4.14. The Bertz CT molecular complexity index is 685. The van der Waals surface area contributed by atoms with Gasteiger partial charge in [0.05, 0.1) is 23.3 Å². The van der Waals surface area contributed by atoms with Crippen molar-refractivity contribution in [3.8, 4) is 5.75 Å². The molecule has 0 saturated carbocycles. The SMILES string of the molecule is C=CCOc1cncc2[nH]c3ccccc3c12. The van der Waals surface area contributed by atoms with Crippen molar-refractivity contribution in [3.63, 3.8) is 0 Å². The Labute approximate surface area is 98.7 Å². The number of nitrogens with zero attached hydrogens (tertiary/aromatic N) is 1. The maximum Gasteiger partial charge on any atom is 0.148 e. The summed E-state index contributed by atoms with van der Waals surface area (Å²) >= 11 is 0. The standard InChI is InChI=1S/C14H12N2O/c1-2-7-17-13-9-15-8-12-14(13)10-5-3-4-6-11(10)16-12/h2-6,8-9,16H,1,7H2. The van der Waals surface area contributed by atoms with Crippen molar-refractivity contribution in [3.05, 3.63) is 49.3 Å². The quantitative estimate of drug-likeness (QED) is 0.693. The highest BCUT2D eigenvalue weighted by atomic mass is 16.5. The molecule has 3 rings (SSSR count). The Hall–Kier alpha value is -2.29. The largest absolute Gasteiger partial charge is 0.487 e. The van der Waals surface area contributed by atoms with Gasteiger partial charge in [0.2, 0.25) is 0 Å². The fourth-order valence-electron chi connectivity index (χ4n) is 2.03. The van der Waals surface area contributed by atoms with E-state index in [1.54, 1.807) is 12.3 Å². The van der Waals surface area contributed by atoms with Gasteiger partial charge in [-0.05, 0) is 6.07 Å². The predicted octanol–water partition coefficient (Wildman–Crippen LogP) is 3.28. The van der Waals surface area contributed by atoms with Gasteiger partial charge >= 0.3 is 0 Å². The number of pyridine rings is 1. The normalized spacial score (nSPS) is 10.8. The van der Waals surface area contributed by atoms with Crippen LogP contribution < -0.4 is 4.74 Å². The first-order valence-electron chi connectivity index (χ1n) is 5.48. The maximum atomic E-state index is 5.63. The second-order valence-corrected chi connectivity index (χ2v) is 3.83. The number of aromatic nitrogens is 2. The molecule has 0 spiro atoms. The third-order valence-corrected chi connectivity index (χ3v) is 2.73. The van der Waals surface area contributed by atoms with E-state index >= 15 is 0 Å². The lowest BCUT2D eigenvalue weighted by atomic mass is 10.2. The topological polar surface area (TPSA) is 37.9 Å². The third kappa shape index (κ3) is 1.56. The van der Waals surface area contributed by atoms with Crippen LogP contribution in [-0.2, 0) is 0 Å². The lowest BCUT2D eigenvalue weighted by Crippen LogP contribution is -1.93. The van der Waals surface area contributed by atoms with E-state index in [0.717, 1.165) is 27.6 Å². The molecular weight excluding hydrogens is 212 g/mol. The highest BCUT2D eigenvalue weighted by molar-refractivity contribution is 6.09. The number of para-hydroxylation sites is 1. The third-order valence-electron chi connectivity index (χ3n) is 2.73. The minimum absolute atomic E-state index is 0.486. The van der Waals surface area contributed by atoms with Gasteiger partial charge in [-0.3, -0.25) is 4.98 Å². The molecule has 0 bridgehead atoms. The summed E-state index contributed by atoms with van der Waals surface area (Å²) in [5, 5.41) is 2.24. The van der Waals surface area contributed by atoms with Crippen LogP contribution in [0.25, 0.3) is 21.8 Å². The number of rotatable bonds is 3. The first-order valence-corrected chi connectivity index (χ1v) is 5.48. The Morgan fingerprint density at radius 1 is 1.24 bits per heavy atom. The van der Waals surface area contributed by atoms with Crippen LogP contribution >= 0.6 is 0 Å². The number of benzene rings is 1. The van der Waals surface area contributed by atoms with Crippen molar-refractivity contribution in [2.75, 3.05) is 6.61 Å². The molecule has 3 heteroatoms. The highest BCUT2D eigenvalue weighted by Gasteiger charge is 2.09. The smallest absolute Gasteiger partial charge is 0.148 e. The number of nitrogens with one attached hydrogen (secondary N) is 1. The van der Waals surface area contributed by atoms with E-state index < -0.39 is 0 Å². The zero-order chi connectivity index (χ0) is 11.7. The summed E-state index contributed by atoms with van der Waals surface area (Å²) in [5.41, 5.74) is 2.09. The number of hydrogen-bond donors (Lipinski definition) is 1. The van der Waals surface area contributed by atoms with E-state index in [-0.39, 0.29) is 0 Å². The fourth-order valence-corrected chi connectivity index (χ4v) is 2.03. The average molecular weight is 224 g/mol. The molecule has 0 amide bonds. The van der Waals surface area contributed by atoms with Crippen LogP contribution in [0.1, 0.15) is 0 Å². The van der Waals surface area contributed by atoms with Crippen molar-refractivity contribution in [1.29, 1.82) is 0 Å². The van der Waals surface area contributed by atoms with Crippen LogP contribution in [0.3, 0.4) is 0 Å². The summed E-state index contributed by atoms with van der Waals surface area (Å²) < 4.78 is 5.63. The van der Waals surface area contributed by atoms with Crippen LogP contribution in [-0.4, -0.2) is 16.6 Å². The Kier molecular flexibility index (Phi) is 2.29. The Morgan fingerprint density at radius 2 is 2.12 bits per heavy atom. The molecule has 2 heterocycles. The van der Waals surface area contributed by atoms with Crippen LogP contribution in [0.15, 0.2) is 49.3 Å². The van der Waals surface area contributed by atoms with Crippen molar-refractivity contribution in [2.24, 2.45) is 0 Å². The molecule has 0 aliphatic rings. The van der Waals surface area contributed by atoms with Crippen LogP contribution in [0.4, 0.5) is 0 Å². The fraction of sp³-hybridized carbons (Fsp3) is 0.0714. The molecule has 0 atom stereocenters. The monoisotopic (exact) mass is 224 g/mol. The van der Waals surface area contributed by atoms with Gasteiger partial charge in [0, 0.05) is 10.9 Å². The first kappa shape index (κ1) is 9.90. The van der Waals surface area contributed by atoms with Crippen molar-refractivity contribution < 1.29 is 4.74 Å². The van der Waals surface area contributed by atoms with E-state index in [0.29, 0.717) is 6.61 Å². The summed E-state index contributed by atoms with van der Waals surface area (Å²) in [5.74, 6) is 0.792. The molecule has 1 aromatic carbocycles. The minimum Gasteiger partial charge on any atom is -0.487 e. The van der Waals surface area contributed by atoms with Gasteiger partial charge in [-0.15, -0.1) is 0 Å². The van der Waals surface area contributed by atoms with Crippen LogP contribution in [0.5, 0.6) is 5.75 Å². The molecule has 1 N–H and O–H groups in total. The van der Waals surface area contributed by atoms with Crippen molar-refractivity contribution in [1.82, 2.24) is 9.97 Å². The van der Waals surface area contributed by atoms with Gasteiger partial charge < -0.3 is 9.72 Å². The number of hydrogen-bond acceptors (Lipinski definition) is 2. The van der Waals surface area contributed by atoms with E-state index in [1.807, 2.05) is 24.4 Å². The number of aromatic amines is 1. The molecule has 0 fully saturated rings. The van der Waals surface area contributed by atoms with Gasteiger partial charge in [-0.2, -0.15) is 0 Å². The zero-order valence-electron chi connectivity index (χ0n) is 9.31. The average Bonchev–Trinajstić information content (AvgIpc) is 2.75. The van der Waals surface area contributed by atoms with Crippen molar-refractivity contribution in [2.45, 2.75) is 0 Å². The van der Waals surface area contributed by atoms with Gasteiger partial charge in [0.1, 0.15) is 12.4 Å². The summed E-state index contributed by atoms with van der Waals surface area (Å²) in [6, 6.07) is 8.16. The second kappa shape index (κ2) is 3.94. The molecule has 17 heavy (non-hydrogen) atoms. The Balaban J connectivity index is 2.31. The molecule has 0 radical (unpaired) electrons. The van der Waals surface area contributed by atoms with Gasteiger partial charge in [-0.25, -0.2) is 0 Å². The van der Waals surface area contributed by atoms with E-state index in [2.05, 4.69) is 22.6 Å². The van der Waals surface area contributed by atoms with Crippen molar-refractivity contribution >= 4 is 21.8 Å². The first-order chi connectivity index (χ1) is 8.40. The second-order valence-electron chi connectivity index (χ2n) is 3.83. The zero-order valence-corrected chi connectivity index (χ0v) is 9.31. The lowest BCUT2D eigenvalue weighted by molar-refractivity contribution is 0.366. The van der Waals surface area contributed by atoms with Crippen LogP contribution in [0, 0.1) is 0 Å². The van der Waals surface area contributed by atoms with Gasteiger partial charge in [-0.1, -0.05) is 30.9 Å². The highest BCUT2D eigenvalue weighted by Crippen LogP contribution is 2.31. The number of fused-ring (bicyclic) bond motifs is 3. The maximum absolute atomic E-state index is 5.63. The van der Waals surface area contributed by atoms with Crippen LogP contribution in [0.2, 0.25) is 0 Å². The molecule has 0 unspecified atom stereocenters. The summed E-state index contributed by atoms with van der Waals surface area (Å²) in [4.78, 5) is 7.50. The molecule has 3 aromatic rings. The Morgan fingerprint density at radius 3 is 3.00 bits per heavy atom. The van der Waals surface area contributed by atoms with Gasteiger partial charge in [0.15, 0.2) is 0 Å². The van der Waals surface area contributed by atoms with E-state index in [9.17, 15) is 0 Å². The number of ether oxygens (including phenoxy) is 1. The minimum atomic E-state index is 0.486. The predicted molar refractivity (Wildman–Crippen MR) is 69.3 cm³/mol. The molecule has 84 valence electrons. The summed E-state index contributed by atoms with van der Waals surface area (Å²) in [7, 11) is 0.